The SMILES string of the molecule is COc1c(C)ccc2c1Nc1ccccc1N2C. The van der Waals surface area contributed by atoms with Gasteiger partial charge in [0, 0.05) is 7.05 Å². The number of benzene rings is 2. The van der Waals surface area contributed by atoms with Crippen molar-refractivity contribution in [1.82, 2.24) is 0 Å². The summed E-state index contributed by atoms with van der Waals surface area (Å²) in [5, 5.41) is 3.46. The summed E-state index contributed by atoms with van der Waals surface area (Å²) in [5.74, 6) is 0.911. The van der Waals surface area contributed by atoms with E-state index in [1.165, 1.54) is 5.69 Å². The lowest BCUT2D eigenvalue weighted by Gasteiger charge is -2.32. The molecule has 0 saturated carbocycles. The average molecular weight is 240 g/mol. The summed E-state index contributed by atoms with van der Waals surface area (Å²) < 4.78 is 5.52. The van der Waals surface area contributed by atoms with E-state index in [4.69, 9.17) is 4.74 Å². The smallest absolute Gasteiger partial charge is 0.147 e. The summed E-state index contributed by atoms with van der Waals surface area (Å²) in [4.78, 5) is 2.18. The van der Waals surface area contributed by atoms with Crippen molar-refractivity contribution in [3.05, 3.63) is 42.0 Å². The molecule has 3 heteroatoms. The van der Waals surface area contributed by atoms with E-state index in [1.54, 1.807) is 7.11 Å². The number of hydrogen-bond donors (Lipinski definition) is 1. The van der Waals surface area contributed by atoms with Gasteiger partial charge in [0.25, 0.3) is 0 Å². The quantitative estimate of drug-likeness (QED) is 0.819. The molecule has 92 valence electrons. The van der Waals surface area contributed by atoms with Crippen LogP contribution in [0.15, 0.2) is 36.4 Å². The van der Waals surface area contributed by atoms with Crippen LogP contribution in [0.1, 0.15) is 5.56 Å². The Kier molecular flexibility index (Phi) is 2.40. The lowest BCUT2D eigenvalue weighted by Crippen LogP contribution is -2.18. The van der Waals surface area contributed by atoms with E-state index in [2.05, 4.69) is 48.5 Å². The van der Waals surface area contributed by atoms with Gasteiger partial charge in [-0.05, 0) is 30.7 Å². The molecule has 1 N–H and O–H groups in total. The summed E-state index contributed by atoms with van der Waals surface area (Å²) in [6, 6.07) is 12.5. The van der Waals surface area contributed by atoms with Crippen molar-refractivity contribution in [3.8, 4) is 5.75 Å². The number of hydrogen-bond acceptors (Lipinski definition) is 3. The lowest BCUT2D eigenvalue weighted by atomic mass is 10.1. The number of nitrogens with zero attached hydrogens (tertiary/aromatic N) is 1. The zero-order valence-electron chi connectivity index (χ0n) is 10.8. The minimum absolute atomic E-state index is 0.911. The van der Waals surface area contributed by atoms with Crippen LogP contribution in [-0.2, 0) is 0 Å². The third-order valence-corrected chi connectivity index (χ3v) is 3.42. The highest BCUT2D eigenvalue weighted by Gasteiger charge is 2.22. The third-order valence-electron chi connectivity index (χ3n) is 3.42. The molecule has 0 fully saturated rings. The molecule has 0 amide bonds. The highest BCUT2D eigenvalue weighted by atomic mass is 16.5. The molecule has 1 aliphatic heterocycles. The first-order chi connectivity index (χ1) is 8.72. The van der Waals surface area contributed by atoms with Crippen LogP contribution in [0.2, 0.25) is 0 Å². The van der Waals surface area contributed by atoms with Gasteiger partial charge in [0.05, 0.1) is 24.2 Å². The van der Waals surface area contributed by atoms with Gasteiger partial charge in [-0.25, -0.2) is 0 Å². The Morgan fingerprint density at radius 3 is 2.61 bits per heavy atom. The molecule has 1 heterocycles. The van der Waals surface area contributed by atoms with E-state index in [1.807, 2.05) is 12.1 Å². The molecular formula is C15H16N2O. The van der Waals surface area contributed by atoms with Crippen LogP contribution >= 0.6 is 0 Å². The summed E-state index contributed by atoms with van der Waals surface area (Å²) in [7, 11) is 3.79. The fraction of sp³-hybridized carbons (Fsp3) is 0.200. The van der Waals surface area contributed by atoms with Crippen molar-refractivity contribution in [2.45, 2.75) is 6.92 Å². The van der Waals surface area contributed by atoms with Crippen LogP contribution in [-0.4, -0.2) is 14.2 Å². The molecule has 3 nitrogen and oxygen atoms in total. The van der Waals surface area contributed by atoms with Crippen LogP contribution < -0.4 is 15.0 Å². The number of nitrogens with one attached hydrogen (secondary N) is 1. The van der Waals surface area contributed by atoms with Gasteiger partial charge in [0.2, 0.25) is 0 Å². The van der Waals surface area contributed by atoms with E-state index in [-0.39, 0.29) is 0 Å². The first-order valence-electron chi connectivity index (χ1n) is 5.99. The molecule has 0 radical (unpaired) electrons. The van der Waals surface area contributed by atoms with Gasteiger partial charge in [0.15, 0.2) is 0 Å². The molecule has 2 aromatic carbocycles. The van der Waals surface area contributed by atoms with Crippen LogP contribution in [0.4, 0.5) is 22.7 Å². The second-order valence-corrected chi connectivity index (χ2v) is 4.51. The van der Waals surface area contributed by atoms with E-state index in [9.17, 15) is 0 Å². The number of fused-ring (bicyclic) bond motifs is 2. The highest BCUT2D eigenvalue weighted by Crippen LogP contribution is 2.47. The van der Waals surface area contributed by atoms with Crippen molar-refractivity contribution in [1.29, 1.82) is 0 Å². The summed E-state index contributed by atoms with van der Waals surface area (Å²) in [6.07, 6.45) is 0. The molecule has 0 atom stereocenters. The Morgan fingerprint density at radius 1 is 1.06 bits per heavy atom. The van der Waals surface area contributed by atoms with Crippen molar-refractivity contribution < 1.29 is 4.74 Å². The molecule has 3 rings (SSSR count). The number of anilines is 4. The number of aryl methyl sites for hydroxylation is 1. The average Bonchev–Trinajstić information content (AvgIpc) is 2.39. The van der Waals surface area contributed by atoms with Crippen LogP contribution in [0.25, 0.3) is 0 Å². The Labute approximate surface area is 107 Å². The van der Waals surface area contributed by atoms with Crippen molar-refractivity contribution >= 4 is 22.7 Å². The van der Waals surface area contributed by atoms with Crippen molar-refractivity contribution in [2.75, 3.05) is 24.4 Å². The van der Waals surface area contributed by atoms with Crippen molar-refractivity contribution in [3.63, 3.8) is 0 Å². The van der Waals surface area contributed by atoms with Gasteiger partial charge >= 0.3 is 0 Å². The fourth-order valence-corrected chi connectivity index (χ4v) is 2.48. The van der Waals surface area contributed by atoms with Gasteiger partial charge in [0.1, 0.15) is 11.4 Å². The molecule has 0 bridgehead atoms. The molecule has 0 unspecified atom stereocenters. The highest BCUT2D eigenvalue weighted by molar-refractivity contribution is 5.94. The summed E-state index contributed by atoms with van der Waals surface area (Å²) >= 11 is 0. The maximum Gasteiger partial charge on any atom is 0.147 e. The molecule has 2 aromatic rings. The molecular weight excluding hydrogens is 224 g/mol. The van der Waals surface area contributed by atoms with Gasteiger partial charge < -0.3 is 15.0 Å². The Bertz CT molecular complexity index is 607. The summed E-state index contributed by atoms with van der Waals surface area (Å²) in [6.45, 7) is 2.06. The standard InChI is InChI=1S/C15H16N2O/c1-10-8-9-13-14(15(10)18-3)16-11-6-4-5-7-12(11)17(13)2/h4-9,16H,1-3H3. The van der Waals surface area contributed by atoms with Gasteiger partial charge in [-0.1, -0.05) is 18.2 Å². The Balaban J connectivity index is 2.22. The first-order valence-corrected chi connectivity index (χ1v) is 5.99. The lowest BCUT2D eigenvalue weighted by molar-refractivity contribution is 0.414. The zero-order chi connectivity index (χ0) is 12.7. The van der Waals surface area contributed by atoms with Crippen LogP contribution in [0.3, 0.4) is 0 Å². The number of para-hydroxylation sites is 2. The maximum atomic E-state index is 5.52. The first kappa shape index (κ1) is 11.0. The molecule has 0 aromatic heterocycles. The van der Waals surface area contributed by atoms with E-state index >= 15 is 0 Å². The van der Waals surface area contributed by atoms with Gasteiger partial charge in [-0.15, -0.1) is 0 Å². The van der Waals surface area contributed by atoms with E-state index in [0.717, 1.165) is 28.4 Å². The monoisotopic (exact) mass is 240 g/mol. The normalized spacial score (nSPS) is 12.5. The van der Waals surface area contributed by atoms with E-state index in [0.29, 0.717) is 0 Å². The Hall–Kier alpha value is -2.16. The van der Waals surface area contributed by atoms with Crippen LogP contribution in [0.5, 0.6) is 5.75 Å². The minimum atomic E-state index is 0.911. The summed E-state index contributed by atoms with van der Waals surface area (Å²) in [5.41, 5.74) is 5.60. The molecule has 18 heavy (non-hydrogen) atoms. The predicted octanol–water partition coefficient (Wildman–Crippen LogP) is 3.83. The van der Waals surface area contributed by atoms with Gasteiger partial charge in [-0.3, -0.25) is 0 Å². The third kappa shape index (κ3) is 1.44. The van der Waals surface area contributed by atoms with E-state index < -0.39 is 0 Å². The molecule has 1 aliphatic rings. The Morgan fingerprint density at radius 2 is 1.83 bits per heavy atom. The topological polar surface area (TPSA) is 24.5 Å². The number of methoxy groups -OCH3 is 1. The van der Waals surface area contributed by atoms with Crippen molar-refractivity contribution in [2.24, 2.45) is 0 Å². The second-order valence-electron chi connectivity index (χ2n) is 4.51. The second kappa shape index (κ2) is 3.95. The number of rotatable bonds is 1. The number of ether oxygens (including phenoxy) is 1. The molecule has 0 saturated heterocycles. The zero-order valence-corrected chi connectivity index (χ0v) is 10.8. The van der Waals surface area contributed by atoms with Crippen LogP contribution in [0, 0.1) is 6.92 Å². The van der Waals surface area contributed by atoms with Gasteiger partial charge in [-0.2, -0.15) is 0 Å². The maximum absolute atomic E-state index is 5.52. The minimum Gasteiger partial charge on any atom is -0.494 e. The fourth-order valence-electron chi connectivity index (χ4n) is 2.48. The molecule has 0 aliphatic carbocycles. The predicted molar refractivity (Wildman–Crippen MR) is 75.5 cm³/mol. The molecule has 0 spiro atoms. The largest absolute Gasteiger partial charge is 0.494 e.